The Morgan fingerprint density at radius 1 is 1.35 bits per heavy atom. The van der Waals surface area contributed by atoms with E-state index in [-0.39, 0.29) is 12.4 Å². The fraction of sp³-hybridized carbons (Fsp3) is 0.286. The molecule has 1 aromatic carbocycles. The molecule has 3 heteroatoms. The summed E-state index contributed by atoms with van der Waals surface area (Å²) in [4.78, 5) is 22.0. The van der Waals surface area contributed by atoms with Crippen LogP contribution in [0.15, 0.2) is 24.3 Å². The Bertz CT molecular complexity index is 433. The van der Waals surface area contributed by atoms with E-state index in [1.165, 1.54) is 0 Å². The molecule has 0 saturated heterocycles. The van der Waals surface area contributed by atoms with E-state index in [4.69, 9.17) is 4.74 Å². The van der Waals surface area contributed by atoms with Gasteiger partial charge in [0, 0.05) is 5.56 Å². The number of hydrogen-bond donors (Lipinski definition) is 0. The van der Waals surface area contributed by atoms with Crippen molar-refractivity contribution in [1.82, 2.24) is 0 Å². The van der Waals surface area contributed by atoms with E-state index in [1.807, 2.05) is 25.1 Å². The molecule has 17 heavy (non-hydrogen) atoms. The topological polar surface area (TPSA) is 43.4 Å². The maximum Gasteiger partial charge on any atom is 0.309 e. The fourth-order valence-electron chi connectivity index (χ4n) is 1.45. The van der Waals surface area contributed by atoms with Crippen LogP contribution in [0.5, 0.6) is 0 Å². The lowest BCUT2D eigenvalue weighted by atomic mass is 10.0. The molecule has 1 rings (SSSR count). The Morgan fingerprint density at radius 2 is 2.12 bits per heavy atom. The lowest BCUT2D eigenvalue weighted by Gasteiger charge is -2.01. The molecule has 0 aliphatic carbocycles. The molecule has 90 valence electrons. The number of rotatable bonds is 5. The summed E-state index contributed by atoms with van der Waals surface area (Å²) in [5.41, 5.74) is 2.48. The highest BCUT2D eigenvalue weighted by Crippen LogP contribution is 2.12. The molecule has 0 radical (unpaired) electrons. The number of aldehydes is 1. The van der Waals surface area contributed by atoms with Crippen molar-refractivity contribution in [2.45, 2.75) is 20.3 Å². The van der Waals surface area contributed by atoms with Crippen molar-refractivity contribution in [1.29, 1.82) is 0 Å². The smallest absolute Gasteiger partial charge is 0.309 e. The van der Waals surface area contributed by atoms with Gasteiger partial charge in [0.1, 0.15) is 0 Å². The molecule has 0 heterocycles. The molecule has 0 fully saturated rings. The molecule has 0 amide bonds. The average Bonchev–Trinajstić information content (AvgIpc) is 2.31. The van der Waals surface area contributed by atoms with Gasteiger partial charge in [0.15, 0.2) is 6.29 Å². The lowest BCUT2D eigenvalue weighted by molar-refractivity contribution is -0.142. The number of carbonyl (C=O) groups excluding carboxylic acids is 2. The monoisotopic (exact) mass is 232 g/mol. The summed E-state index contributed by atoms with van der Waals surface area (Å²) in [6.45, 7) is 4.09. The highest BCUT2D eigenvalue weighted by Gasteiger charge is 2.00. The molecule has 0 aliphatic heterocycles. The van der Waals surface area contributed by atoms with Gasteiger partial charge >= 0.3 is 5.97 Å². The summed E-state index contributed by atoms with van der Waals surface area (Å²) in [6.07, 6.45) is 4.51. The van der Waals surface area contributed by atoms with Gasteiger partial charge in [-0.25, -0.2) is 0 Å². The predicted molar refractivity (Wildman–Crippen MR) is 66.9 cm³/mol. The van der Waals surface area contributed by atoms with E-state index < -0.39 is 0 Å². The molecule has 0 unspecified atom stereocenters. The van der Waals surface area contributed by atoms with E-state index >= 15 is 0 Å². The minimum atomic E-state index is -0.261. The van der Waals surface area contributed by atoms with Crippen LogP contribution in [-0.2, 0) is 9.53 Å². The Hall–Kier alpha value is -1.90. The summed E-state index contributed by atoms with van der Waals surface area (Å²) in [7, 11) is 0. The van der Waals surface area contributed by atoms with Gasteiger partial charge in [0.25, 0.3) is 0 Å². The van der Waals surface area contributed by atoms with Crippen LogP contribution in [-0.4, -0.2) is 18.9 Å². The van der Waals surface area contributed by atoms with Crippen LogP contribution >= 0.6 is 0 Å². The number of esters is 1. The second-order valence-electron chi connectivity index (χ2n) is 3.66. The Balaban J connectivity index is 2.71. The second kappa shape index (κ2) is 6.63. The van der Waals surface area contributed by atoms with Crippen molar-refractivity contribution in [3.63, 3.8) is 0 Å². The molecule has 1 aromatic rings. The summed E-state index contributed by atoms with van der Waals surface area (Å²) in [5.74, 6) is -0.261. The van der Waals surface area contributed by atoms with Gasteiger partial charge in [-0.15, -0.1) is 0 Å². The lowest BCUT2D eigenvalue weighted by Crippen LogP contribution is -2.01. The molecule has 0 spiro atoms. The normalized spacial score (nSPS) is 10.5. The minimum Gasteiger partial charge on any atom is -0.466 e. The first-order valence-corrected chi connectivity index (χ1v) is 5.55. The SMILES string of the molecule is CCOC(=O)CC=Cc1ccc(C)cc1C=O. The Morgan fingerprint density at radius 3 is 2.76 bits per heavy atom. The van der Waals surface area contributed by atoms with E-state index in [2.05, 4.69) is 0 Å². The van der Waals surface area contributed by atoms with Gasteiger partial charge in [-0.05, 0) is 25.5 Å². The summed E-state index contributed by atoms with van der Waals surface area (Å²) in [6, 6.07) is 5.61. The highest BCUT2D eigenvalue weighted by atomic mass is 16.5. The number of benzene rings is 1. The number of hydrogen-bond acceptors (Lipinski definition) is 3. The van der Waals surface area contributed by atoms with Gasteiger partial charge in [-0.3, -0.25) is 9.59 Å². The van der Waals surface area contributed by atoms with Crippen molar-refractivity contribution >= 4 is 18.3 Å². The van der Waals surface area contributed by atoms with Crippen LogP contribution in [0.1, 0.15) is 34.8 Å². The quantitative estimate of drug-likeness (QED) is 0.579. The third kappa shape index (κ3) is 4.23. The van der Waals surface area contributed by atoms with Crippen LogP contribution in [0.3, 0.4) is 0 Å². The third-order valence-corrected chi connectivity index (χ3v) is 2.26. The van der Waals surface area contributed by atoms with Crippen molar-refractivity contribution in [3.05, 3.63) is 41.0 Å². The van der Waals surface area contributed by atoms with Gasteiger partial charge in [0.2, 0.25) is 0 Å². The summed E-state index contributed by atoms with van der Waals surface area (Å²) >= 11 is 0. The molecule has 0 aliphatic rings. The second-order valence-corrected chi connectivity index (χ2v) is 3.66. The molecule has 0 N–H and O–H groups in total. The van der Waals surface area contributed by atoms with Crippen molar-refractivity contribution < 1.29 is 14.3 Å². The van der Waals surface area contributed by atoms with Crippen molar-refractivity contribution in [2.24, 2.45) is 0 Å². The first-order chi connectivity index (χ1) is 8.17. The average molecular weight is 232 g/mol. The van der Waals surface area contributed by atoms with Gasteiger partial charge in [-0.2, -0.15) is 0 Å². The van der Waals surface area contributed by atoms with Gasteiger partial charge in [0.05, 0.1) is 13.0 Å². The van der Waals surface area contributed by atoms with Gasteiger partial charge in [-0.1, -0.05) is 29.8 Å². The third-order valence-electron chi connectivity index (χ3n) is 2.26. The number of carbonyl (C=O) groups is 2. The Labute approximate surface area is 101 Å². The molecule has 0 saturated carbocycles. The summed E-state index contributed by atoms with van der Waals surface area (Å²) < 4.78 is 4.80. The first kappa shape index (κ1) is 13.2. The van der Waals surface area contributed by atoms with Crippen molar-refractivity contribution in [2.75, 3.05) is 6.61 Å². The molecular formula is C14H16O3. The number of ether oxygens (including phenoxy) is 1. The van der Waals surface area contributed by atoms with Crippen LogP contribution in [0, 0.1) is 6.92 Å². The van der Waals surface area contributed by atoms with Crippen LogP contribution in [0.4, 0.5) is 0 Å². The molecule has 0 aromatic heterocycles. The maximum absolute atomic E-state index is 11.1. The van der Waals surface area contributed by atoms with Crippen LogP contribution in [0.2, 0.25) is 0 Å². The van der Waals surface area contributed by atoms with Crippen molar-refractivity contribution in [3.8, 4) is 0 Å². The van der Waals surface area contributed by atoms with Crippen LogP contribution in [0.25, 0.3) is 6.08 Å². The first-order valence-electron chi connectivity index (χ1n) is 5.55. The minimum absolute atomic E-state index is 0.222. The molecule has 0 atom stereocenters. The van der Waals surface area contributed by atoms with E-state index in [0.717, 1.165) is 17.4 Å². The summed E-state index contributed by atoms with van der Waals surface area (Å²) in [5, 5.41) is 0. The number of aryl methyl sites for hydroxylation is 1. The van der Waals surface area contributed by atoms with Gasteiger partial charge < -0.3 is 4.74 Å². The molecule has 0 bridgehead atoms. The fourth-order valence-corrected chi connectivity index (χ4v) is 1.45. The predicted octanol–water partition coefficient (Wildman–Crippen LogP) is 2.77. The van der Waals surface area contributed by atoms with Crippen LogP contribution < -0.4 is 0 Å². The maximum atomic E-state index is 11.1. The molecule has 3 nitrogen and oxygen atoms in total. The van der Waals surface area contributed by atoms with E-state index in [0.29, 0.717) is 12.2 Å². The van der Waals surface area contributed by atoms with E-state index in [1.54, 1.807) is 19.1 Å². The van der Waals surface area contributed by atoms with E-state index in [9.17, 15) is 9.59 Å². The zero-order chi connectivity index (χ0) is 12.7. The standard InChI is InChI=1S/C14H16O3/c1-3-17-14(16)6-4-5-12-8-7-11(2)9-13(12)10-15/h4-5,7-10H,3,6H2,1-2H3. The zero-order valence-corrected chi connectivity index (χ0v) is 10.1. The largest absolute Gasteiger partial charge is 0.466 e. The molecular weight excluding hydrogens is 216 g/mol. The Kier molecular flexibility index (Phi) is 5.14. The zero-order valence-electron chi connectivity index (χ0n) is 10.1. The highest BCUT2D eigenvalue weighted by molar-refractivity contribution is 5.82.